The van der Waals surface area contributed by atoms with Crippen LogP contribution in [-0.2, 0) is 0 Å². The van der Waals surface area contributed by atoms with Crippen LogP contribution in [0.2, 0.25) is 6.55 Å². The van der Waals surface area contributed by atoms with E-state index in [-0.39, 0.29) is 4.88 Å². The van der Waals surface area contributed by atoms with Crippen molar-refractivity contribution in [1.82, 2.24) is 0 Å². The highest BCUT2D eigenvalue weighted by Gasteiger charge is 2.41. The average Bonchev–Trinajstić information content (AvgIpc) is 3.15. The summed E-state index contributed by atoms with van der Waals surface area (Å²) in [5.74, 6) is -1.14. The Morgan fingerprint density at radius 1 is 1.30 bits per heavy atom. The molecule has 30 heavy (non-hydrogen) atoms. The molecule has 0 saturated heterocycles. The number of benzene rings is 1. The number of carboxylic acid groups (broad SMARTS) is 1. The van der Waals surface area contributed by atoms with Gasteiger partial charge in [-0.25, -0.2) is 0 Å². The molecule has 1 N–H and O–H groups in total. The van der Waals surface area contributed by atoms with E-state index in [1.54, 1.807) is 13.1 Å². The van der Waals surface area contributed by atoms with Gasteiger partial charge in [-0.3, -0.25) is 4.99 Å². The highest BCUT2D eigenvalue weighted by atomic mass is 32.1. The zero-order valence-corrected chi connectivity index (χ0v) is 19.3. The van der Waals surface area contributed by atoms with Crippen LogP contribution < -0.4 is 15.6 Å². The zero-order valence-electron chi connectivity index (χ0n) is 17.5. The number of nitrogens with one attached hydrogen (secondary N) is 1. The van der Waals surface area contributed by atoms with E-state index in [1.807, 2.05) is 20.0 Å². The van der Waals surface area contributed by atoms with Gasteiger partial charge in [0.15, 0.2) is 0 Å². The van der Waals surface area contributed by atoms with Crippen molar-refractivity contribution >= 4 is 47.5 Å². The van der Waals surface area contributed by atoms with Crippen molar-refractivity contribution in [2.45, 2.75) is 13.5 Å². The standard InChI is InChI=1S/C24H24N2O2SSi/c1-6-30(5)20-12-15(25-3)7-9-17(20)22(18-10-8-16(26-4)13-21(18)30)23-14(2)11-19(29-23)24(27)28/h6-13,25H,1H2,2-5H3,(H,27,28)/p-1. The molecule has 0 spiro atoms. The zero-order chi connectivity index (χ0) is 21.6. The van der Waals surface area contributed by atoms with Crippen LogP contribution in [0.4, 0.5) is 5.69 Å². The normalized spacial score (nSPS) is 21.2. The molecule has 0 fully saturated rings. The first-order valence-electron chi connectivity index (χ1n) is 9.74. The molecule has 2 aliphatic rings. The third kappa shape index (κ3) is 2.95. The summed E-state index contributed by atoms with van der Waals surface area (Å²) in [4.78, 5) is 17.1. The fraction of sp³-hybridized carbons (Fsp3) is 0.167. The van der Waals surface area contributed by atoms with Gasteiger partial charge in [0.05, 0.1) is 16.6 Å². The molecular formula is C24H23N2O2SSi-. The molecule has 6 heteroatoms. The van der Waals surface area contributed by atoms with Crippen molar-refractivity contribution in [3.63, 3.8) is 0 Å². The van der Waals surface area contributed by atoms with Gasteiger partial charge < -0.3 is 15.2 Å². The first kappa shape index (κ1) is 20.3. The third-order valence-electron chi connectivity index (χ3n) is 5.98. The number of carbonyl (C=O) groups is 1. The molecule has 1 unspecified atom stereocenters. The van der Waals surface area contributed by atoms with Crippen molar-refractivity contribution in [3.8, 4) is 0 Å². The lowest BCUT2D eigenvalue weighted by atomic mass is 9.92. The fourth-order valence-electron chi connectivity index (χ4n) is 4.25. The molecule has 2 heterocycles. The predicted octanol–water partition coefficient (Wildman–Crippen LogP) is 3.39. The van der Waals surface area contributed by atoms with Crippen LogP contribution in [0, 0.1) is 6.92 Å². The molecular weight excluding hydrogens is 408 g/mol. The average molecular weight is 432 g/mol. The Labute approximate surface area is 181 Å². The maximum atomic E-state index is 11.5. The molecule has 1 atom stereocenters. The summed E-state index contributed by atoms with van der Waals surface area (Å²) in [6.45, 7) is 8.49. The second-order valence-corrected chi connectivity index (χ2v) is 12.6. The monoisotopic (exact) mass is 431 g/mol. The minimum atomic E-state index is -2.24. The molecule has 1 aromatic carbocycles. The second kappa shape index (κ2) is 7.38. The van der Waals surface area contributed by atoms with E-state index in [1.165, 1.54) is 21.7 Å². The van der Waals surface area contributed by atoms with Gasteiger partial charge in [-0.05, 0) is 64.4 Å². The number of allylic oxidation sites excluding steroid dienone is 5. The lowest BCUT2D eigenvalue weighted by molar-refractivity contribution is -0.254. The minimum Gasteiger partial charge on any atom is -0.544 e. The summed E-state index contributed by atoms with van der Waals surface area (Å²) in [5.41, 5.74) is 8.40. The van der Waals surface area contributed by atoms with Crippen LogP contribution in [0.5, 0.6) is 0 Å². The summed E-state index contributed by atoms with van der Waals surface area (Å²) in [6, 6.07) is 8.13. The van der Waals surface area contributed by atoms with Crippen molar-refractivity contribution in [2.75, 3.05) is 19.4 Å². The number of thiophene rings is 1. The lowest BCUT2D eigenvalue weighted by Gasteiger charge is -2.38. The van der Waals surface area contributed by atoms with E-state index in [0.29, 0.717) is 0 Å². The van der Waals surface area contributed by atoms with Crippen molar-refractivity contribution < 1.29 is 9.90 Å². The quantitative estimate of drug-likeness (QED) is 0.755. The Hall–Kier alpha value is -2.96. The maximum absolute atomic E-state index is 11.5. The number of anilines is 1. The number of rotatable bonds is 4. The van der Waals surface area contributed by atoms with Crippen LogP contribution in [0.1, 0.15) is 25.7 Å². The number of hydrogen-bond donors (Lipinski definition) is 1. The van der Waals surface area contributed by atoms with Crippen LogP contribution in [-0.4, -0.2) is 33.9 Å². The van der Waals surface area contributed by atoms with Crippen LogP contribution >= 0.6 is 11.3 Å². The summed E-state index contributed by atoms with van der Waals surface area (Å²) < 4.78 is 0. The number of nitrogens with zero attached hydrogens (tertiary/aromatic N) is 1. The summed E-state index contributed by atoms with van der Waals surface area (Å²) >= 11 is 1.28. The molecule has 0 bridgehead atoms. The molecule has 4 nitrogen and oxygen atoms in total. The first-order chi connectivity index (χ1) is 14.3. The number of aliphatic imine (C=N–C) groups is 1. The summed E-state index contributed by atoms with van der Waals surface area (Å²) in [7, 11) is 1.48. The van der Waals surface area contributed by atoms with Gasteiger partial charge in [-0.1, -0.05) is 24.4 Å². The van der Waals surface area contributed by atoms with Crippen LogP contribution in [0.25, 0.3) is 5.57 Å². The van der Waals surface area contributed by atoms with E-state index in [2.05, 4.69) is 59.5 Å². The van der Waals surface area contributed by atoms with Gasteiger partial charge in [0.2, 0.25) is 0 Å². The topological polar surface area (TPSA) is 64.5 Å². The van der Waals surface area contributed by atoms with E-state index in [9.17, 15) is 9.90 Å². The molecule has 0 saturated carbocycles. The Bertz CT molecular complexity index is 1220. The SMILES string of the molecule is C=C[Si]1(C)C2=CC(=NC)C=CC2=C(c2sc(C(=O)[O-])cc2C)c2ccc(NC)cc21. The third-order valence-corrected chi connectivity index (χ3v) is 11.1. The molecule has 2 aromatic rings. The number of carbonyl (C=O) groups excluding carboxylic acids is 1. The van der Waals surface area contributed by atoms with Gasteiger partial charge in [0.1, 0.15) is 8.07 Å². The largest absolute Gasteiger partial charge is 0.544 e. The number of hydrogen-bond acceptors (Lipinski definition) is 5. The minimum absolute atomic E-state index is 0.249. The Morgan fingerprint density at radius 2 is 2.07 bits per heavy atom. The molecule has 0 amide bonds. The van der Waals surface area contributed by atoms with Gasteiger partial charge in [-0.15, -0.1) is 17.9 Å². The van der Waals surface area contributed by atoms with Crippen molar-refractivity contribution in [2.24, 2.45) is 4.99 Å². The molecule has 1 aliphatic carbocycles. The van der Waals surface area contributed by atoms with E-state index in [4.69, 9.17) is 0 Å². The number of fused-ring (bicyclic) bond motifs is 2. The van der Waals surface area contributed by atoms with Crippen molar-refractivity contribution in [3.05, 3.63) is 86.4 Å². The van der Waals surface area contributed by atoms with Gasteiger partial charge in [0.25, 0.3) is 0 Å². The van der Waals surface area contributed by atoms with Crippen LogP contribution in [0.15, 0.2) is 70.5 Å². The number of aryl methyl sites for hydroxylation is 1. The van der Waals surface area contributed by atoms with Gasteiger partial charge in [-0.2, -0.15) is 0 Å². The van der Waals surface area contributed by atoms with E-state index >= 15 is 0 Å². The Morgan fingerprint density at radius 3 is 2.67 bits per heavy atom. The maximum Gasteiger partial charge on any atom is 0.139 e. The smallest absolute Gasteiger partial charge is 0.139 e. The second-order valence-electron chi connectivity index (χ2n) is 7.66. The number of carboxylic acids is 1. The lowest BCUT2D eigenvalue weighted by Crippen LogP contribution is -2.50. The molecule has 1 aliphatic heterocycles. The van der Waals surface area contributed by atoms with Crippen molar-refractivity contribution in [1.29, 1.82) is 0 Å². The van der Waals surface area contributed by atoms with E-state index in [0.717, 1.165) is 38.5 Å². The first-order valence-corrected chi connectivity index (χ1v) is 13.1. The fourth-order valence-corrected chi connectivity index (χ4v) is 8.50. The van der Waals surface area contributed by atoms with E-state index < -0.39 is 14.0 Å². The van der Waals surface area contributed by atoms with Crippen LogP contribution in [0.3, 0.4) is 0 Å². The van der Waals surface area contributed by atoms with Gasteiger partial charge >= 0.3 is 0 Å². The Balaban J connectivity index is 2.12. The number of aromatic carboxylic acids is 1. The van der Waals surface area contributed by atoms with Gasteiger partial charge in [0, 0.05) is 30.2 Å². The highest BCUT2D eigenvalue weighted by Crippen LogP contribution is 2.44. The summed E-state index contributed by atoms with van der Waals surface area (Å²) in [5, 5.41) is 17.3. The molecule has 4 rings (SSSR count). The predicted molar refractivity (Wildman–Crippen MR) is 127 cm³/mol. The molecule has 1 aromatic heterocycles. The molecule has 0 radical (unpaired) electrons. The highest BCUT2D eigenvalue weighted by molar-refractivity contribution is 7.15. The summed E-state index contributed by atoms with van der Waals surface area (Å²) in [6.07, 6.45) is 6.31. The Kier molecular flexibility index (Phi) is 5.00. The molecule has 152 valence electrons.